The summed E-state index contributed by atoms with van der Waals surface area (Å²) >= 11 is 0. The maximum atomic E-state index is 12.4. The van der Waals surface area contributed by atoms with Crippen molar-refractivity contribution >= 4 is 33.8 Å². The molecule has 0 unspecified atom stereocenters. The minimum absolute atomic E-state index is 0.199. The molecular weight excluding hydrogens is 358 g/mol. The van der Waals surface area contributed by atoms with Crippen molar-refractivity contribution < 1.29 is 9.21 Å². The van der Waals surface area contributed by atoms with E-state index in [1.54, 1.807) is 30.3 Å². The van der Waals surface area contributed by atoms with Crippen LogP contribution in [0.5, 0.6) is 0 Å². The molecule has 4 rings (SSSR count). The van der Waals surface area contributed by atoms with Gasteiger partial charge in [0, 0.05) is 23.0 Å². The van der Waals surface area contributed by atoms with E-state index in [1.807, 2.05) is 30.3 Å². The molecule has 136 valence electrons. The lowest BCUT2D eigenvalue weighted by Crippen LogP contribution is -2.10. The highest BCUT2D eigenvalue weighted by molar-refractivity contribution is 6.04. The minimum Gasteiger partial charge on any atom is -0.451 e. The van der Waals surface area contributed by atoms with Gasteiger partial charge in [0.1, 0.15) is 17.2 Å². The fourth-order valence-electron chi connectivity index (χ4n) is 2.51. The smallest absolute Gasteiger partial charge is 0.291 e. The van der Waals surface area contributed by atoms with E-state index < -0.39 is 0 Å². The standard InChI is InChI=1S/C19H13N7O2/c20-10-13(18-23-25-26-24-18)11-21-14-5-7-15(8-6-14)22-19(27)17-9-12-3-1-2-4-16(12)28-17/h1-9,11,21H,(H,22,27)(H,23,24,25,26). The van der Waals surface area contributed by atoms with E-state index >= 15 is 0 Å². The molecule has 0 bridgehead atoms. The van der Waals surface area contributed by atoms with Gasteiger partial charge in [-0.1, -0.05) is 18.2 Å². The van der Waals surface area contributed by atoms with Crippen LogP contribution in [0.3, 0.4) is 0 Å². The number of carbonyl (C=O) groups excluding carboxylic acids is 1. The summed E-state index contributed by atoms with van der Waals surface area (Å²) in [6.07, 6.45) is 1.48. The van der Waals surface area contributed by atoms with Crippen molar-refractivity contribution in [2.24, 2.45) is 0 Å². The number of aromatic amines is 1. The van der Waals surface area contributed by atoms with Crippen LogP contribution in [-0.2, 0) is 0 Å². The normalized spacial score (nSPS) is 11.2. The summed E-state index contributed by atoms with van der Waals surface area (Å²) in [5.74, 6) is 0.107. The van der Waals surface area contributed by atoms with Crippen molar-refractivity contribution in [3.8, 4) is 6.07 Å². The van der Waals surface area contributed by atoms with Crippen LogP contribution in [-0.4, -0.2) is 26.5 Å². The fourth-order valence-corrected chi connectivity index (χ4v) is 2.51. The van der Waals surface area contributed by atoms with Gasteiger partial charge in [0.15, 0.2) is 5.76 Å². The van der Waals surface area contributed by atoms with Crippen molar-refractivity contribution in [1.82, 2.24) is 20.6 Å². The summed E-state index contributed by atoms with van der Waals surface area (Å²) in [6, 6.07) is 18.1. The van der Waals surface area contributed by atoms with Gasteiger partial charge in [-0.05, 0) is 41.6 Å². The lowest BCUT2D eigenvalue weighted by molar-refractivity contribution is 0.0998. The number of tetrazole rings is 1. The third-order valence-corrected chi connectivity index (χ3v) is 3.88. The number of aromatic nitrogens is 4. The number of rotatable bonds is 5. The molecule has 0 fully saturated rings. The third kappa shape index (κ3) is 3.56. The summed E-state index contributed by atoms with van der Waals surface area (Å²) in [4.78, 5) is 12.4. The number of nitriles is 1. The highest BCUT2D eigenvalue weighted by Crippen LogP contribution is 2.21. The van der Waals surface area contributed by atoms with E-state index in [4.69, 9.17) is 9.68 Å². The van der Waals surface area contributed by atoms with Gasteiger partial charge in [-0.2, -0.15) is 10.5 Å². The molecule has 0 spiro atoms. The molecule has 0 aliphatic heterocycles. The van der Waals surface area contributed by atoms with Gasteiger partial charge in [-0.25, -0.2) is 0 Å². The molecule has 2 aromatic heterocycles. The first kappa shape index (κ1) is 17.0. The number of carbonyl (C=O) groups is 1. The molecule has 4 aromatic rings. The van der Waals surface area contributed by atoms with Gasteiger partial charge < -0.3 is 15.1 Å². The molecule has 2 aromatic carbocycles. The number of benzene rings is 2. The molecule has 0 radical (unpaired) electrons. The van der Waals surface area contributed by atoms with Gasteiger partial charge >= 0.3 is 0 Å². The van der Waals surface area contributed by atoms with Gasteiger partial charge in [-0.3, -0.25) is 4.79 Å². The molecule has 0 saturated carbocycles. The maximum absolute atomic E-state index is 12.4. The van der Waals surface area contributed by atoms with Gasteiger partial charge in [-0.15, -0.1) is 10.2 Å². The average molecular weight is 371 g/mol. The molecule has 0 aliphatic rings. The number of nitrogens with zero attached hydrogens (tertiary/aromatic N) is 4. The Kier molecular flexibility index (Phi) is 4.51. The van der Waals surface area contributed by atoms with Gasteiger partial charge in [0.05, 0.1) is 0 Å². The molecule has 1 amide bonds. The Morgan fingerprint density at radius 3 is 2.64 bits per heavy atom. The Bertz CT molecular complexity index is 1150. The van der Waals surface area contributed by atoms with Crippen molar-refractivity contribution in [3.05, 3.63) is 72.4 Å². The first-order valence-corrected chi connectivity index (χ1v) is 8.23. The van der Waals surface area contributed by atoms with E-state index in [2.05, 4.69) is 31.3 Å². The highest BCUT2D eigenvalue weighted by Gasteiger charge is 2.12. The Morgan fingerprint density at radius 2 is 1.93 bits per heavy atom. The van der Waals surface area contributed by atoms with Gasteiger partial charge in [0.2, 0.25) is 5.82 Å². The van der Waals surface area contributed by atoms with Gasteiger partial charge in [0.25, 0.3) is 5.91 Å². The van der Waals surface area contributed by atoms with E-state index in [-0.39, 0.29) is 23.1 Å². The Hall–Kier alpha value is -4.45. The van der Waals surface area contributed by atoms with E-state index in [1.165, 1.54) is 6.20 Å². The van der Waals surface area contributed by atoms with Crippen molar-refractivity contribution in [3.63, 3.8) is 0 Å². The number of H-pyrrole nitrogens is 1. The van der Waals surface area contributed by atoms with E-state index in [0.717, 1.165) is 11.1 Å². The third-order valence-electron chi connectivity index (χ3n) is 3.88. The van der Waals surface area contributed by atoms with Crippen LogP contribution >= 0.6 is 0 Å². The van der Waals surface area contributed by atoms with Crippen LogP contribution in [0, 0.1) is 11.3 Å². The Morgan fingerprint density at radius 1 is 1.14 bits per heavy atom. The molecule has 0 saturated heterocycles. The molecule has 9 nitrogen and oxygen atoms in total. The number of amides is 1. The quantitative estimate of drug-likeness (QED) is 0.459. The summed E-state index contributed by atoms with van der Waals surface area (Å²) in [6.45, 7) is 0. The Labute approximate surface area is 158 Å². The number of anilines is 2. The predicted molar refractivity (Wildman–Crippen MR) is 102 cm³/mol. The monoisotopic (exact) mass is 371 g/mol. The number of allylic oxidation sites excluding steroid dienone is 1. The minimum atomic E-state index is -0.333. The number of fused-ring (bicyclic) bond motifs is 1. The SMILES string of the molecule is N#CC(=CNc1ccc(NC(=O)c2cc3ccccc3o2)cc1)c1nn[nH]n1. The lowest BCUT2D eigenvalue weighted by Gasteiger charge is -2.05. The molecule has 0 atom stereocenters. The summed E-state index contributed by atoms with van der Waals surface area (Å²) in [5, 5.41) is 29.0. The second kappa shape index (κ2) is 7.43. The lowest BCUT2D eigenvalue weighted by atomic mass is 10.2. The first-order valence-electron chi connectivity index (χ1n) is 8.23. The summed E-state index contributed by atoms with van der Waals surface area (Å²) in [7, 11) is 0. The second-order valence-corrected chi connectivity index (χ2v) is 5.73. The maximum Gasteiger partial charge on any atom is 0.291 e. The second-order valence-electron chi connectivity index (χ2n) is 5.73. The number of furan rings is 1. The van der Waals surface area contributed by atoms with Crippen LogP contribution in [0.1, 0.15) is 16.4 Å². The highest BCUT2D eigenvalue weighted by atomic mass is 16.3. The van der Waals surface area contributed by atoms with Crippen molar-refractivity contribution in [2.75, 3.05) is 10.6 Å². The fraction of sp³-hybridized carbons (Fsp3) is 0. The number of para-hydroxylation sites is 1. The molecule has 9 heteroatoms. The molecule has 0 aliphatic carbocycles. The summed E-state index contributed by atoms with van der Waals surface area (Å²) in [5.41, 5.74) is 2.22. The van der Waals surface area contributed by atoms with E-state index in [0.29, 0.717) is 11.3 Å². The Balaban J connectivity index is 1.43. The molecule has 3 N–H and O–H groups in total. The molecule has 28 heavy (non-hydrogen) atoms. The van der Waals surface area contributed by atoms with Crippen LogP contribution in [0.15, 0.2) is 65.2 Å². The van der Waals surface area contributed by atoms with Crippen LogP contribution in [0.2, 0.25) is 0 Å². The zero-order valence-electron chi connectivity index (χ0n) is 14.4. The zero-order valence-corrected chi connectivity index (χ0v) is 14.4. The zero-order chi connectivity index (χ0) is 19.3. The molecular formula is C19H13N7O2. The predicted octanol–water partition coefficient (Wildman–Crippen LogP) is 3.17. The first-order chi connectivity index (χ1) is 13.7. The van der Waals surface area contributed by atoms with Crippen molar-refractivity contribution in [1.29, 1.82) is 5.26 Å². The van der Waals surface area contributed by atoms with Crippen LogP contribution in [0.4, 0.5) is 11.4 Å². The van der Waals surface area contributed by atoms with Crippen LogP contribution < -0.4 is 10.6 Å². The number of nitrogens with one attached hydrogen (secondary N) is 3. The topological polar surface area (TPSA) is 133 Å². The largest absolute Gasteiger partial charge is 0.451 e. The van der Waals surface area contributed by atoms with Crippen molar-refractivity contribution in [2.45, 2.75) is 0 Å². The number of hydrogen-bond acceptors (Lipinski definition) is 7. The van der Waals surface area contributed by atoms with Crippen LogP contribution in [0.25, 0.3) is 16.5 Å². The van der Waals surface area contributed by atoms with E-state index in [9.17, 15) is 4.79 Å². The number of hydrogen-bond donors (Lipinski definition) is 3. The summed E-state index contributed by atoms with van der Waals surface area (Å²) < 4.78 is 5.56. The average Bonchev–Trinajstić information content (AvgIpc) is 3.39. The molecule has 2 heterocycles.